The van der Waals surface area contributed by atoms with Crippen molar-refractivity contribution < 1.29 is 9.18 Å². The van der Waals surface area contributed by atoms with E-state index in [9.17, 15) is 9.18 Å². The molecule has 1 amide bonds. The number of carbonyl (C=O) groups is 1. The molecule has 1 unspecified atom stereocenters. The average molecular weight is 287 g/mol. The molecular weight excluding hydrogens is 273 g/mol. The highest BCUT2D eigenvalue weighted by Crippen LogP contribution is 2.34. The summed E-state index contributed by atoms with van der Waals surface area (Å²) in [4.78, 5) is 12.6. The van der Waals surface area contributed by atoms with Crippen molar-refractivity contribution in [2.75, 3.05) is 6.54 Å². The van der Waals surface area contributed by atoms with Crippen molar-refractivity contribution in [3.05, 3.63) is 65.0 Å². The fourth-order valence-corrected chi connectivity index (χ4v) is 2.75. The maximum Gasteiger partial charge on any atom is 0.254 e. The van der Waals surface area contributed by atoms with E-state index in [1.807, 2.05) is 12.1 Å². The largest absolute Gasteiger partial charge is 0.351 e. The van der Waals surface area contributed by atoms with Gasteiger partial charge in [-0.2, -0.15) is 0 Å². The van der Waals surface area contributed by atoms with Gasteiger partial charge < -0.3 is 5.32 Å². The van der Waals surface area contributed by atoms with Crippen molar-refractivity contribution in [1.82, 2.24) is 5.32 Å². The molecular formula is C16H14FNOS. The van der Waals surface area contributed by atoms with Crippen LogP contribution in [-0.2, 0) is 6.42 Å². The Morgan fingerprint density at radius 3 is 2.90 bits per heavy atom. The summed E-state index contributed by atoms with van der Waals surface area (Å²) in [5.74, 6) is -0.575. The third-order valence-corrected chi connectivity index (χ3v) is 3.94. The van der Waals surface area contributed by atoms with Gasteiger partial charge in [0.1, 0.15) is 5.82 Å². The first-order chi connectivity index (χ1) is 9.65. The van der Waals surface area contributed by atoms with Gasteiger partial charge in [-0.05, 0) is 35.7 Å². The normalized spacial score (nSPS) is 16.2. The highest BCUT2D eigenvalue weighted by molar-refractivity contribution is 7.80. The molecule has 20 heavy (non-hydrogen) atoms. The highest BCUT2D eigenvalue weighted by Gasteiger charge is 2.25. The third kappa shape index (κ3) is 2.43. The van der Waals surface area contributed by atoms with Gasteiger partial charge in [0.25, 0.3) is 5.91 Å². The van der Waals surface area contributed by atoms with Crippen LogP contribution in [0.15, 0.2) is 47.4 Å². The van der Waals surface area contributed by atoms with Gasteiger partial charge in [-0.25, -0.2) is 4.39 Å². The van der Waals surface area contributed by atoms with Crippen LogP contribution in [0.1, 0.15) is 27.4 Å². The standard InChI is InChI=1S/C16H14FNOS/c17-15-6-5-12(20)8-14(15)16(19)18-9-11-7-10-3-1-2-4-13(10)11/h1-6,8,11,20H,7,9H2,(H,18,19). The van der Waals surface area contributed by atoms with Crippen LogP contribution in [0, 0.1) is 5.82 Å². The van der Waals surface area contributed by atoms with E-state index in [0.717, 1.165) is 6.42 Å². The Kier molecular flexibility index (Phi) is 3.49. The molecule has 2 aromatic carbocycles. The Labute approximate surface area is 122 Å². The lowest BCUT2D eigenvalue weighted by molar-refractivity contribution is 0.0946. The SMILES string of the molecule is O=C(NCC1Cc2ccccc21)c1cc(S)ccc1F. The second kappa shape index (κ2) is 5.29. The summed E-state index contributed by atoms with van der Waals surface area (Å²) in [6, 6.07) is 12.4. The lowest BCUT2D eigenvalue weighted by atomic mass is 9.77. The number of halogens is 1. The summed E-state index contributed by atoms with van der Waals surface area (Å²) in [6.45, 7) is 0.534. The molecule has 0 heterocycles. The lowest BCUT2D eigenvalue weighted by Crippen LogP contribution is -2.33. The first-order valence-electron chi connectivity index (χ1n) is 6.49. The molecule has 2 aromatic rings. The summed E-state index contributed by atoms with van der Waals surface area (Å²) >= 11 is 4.12. The number of hydrogen-bond acceptors (Lipinski definition) is 2. The molecule has 0 radical (unpaired) electrons. The number of fused-ring (bicyclic) bond motifs is 1. The summed E-state index contributed by atoms with van der Waals surface area (Å²) < 4.78 is 13.6. The first-order valence-corrected chi connectivity index (χ1v) is 6.94. The second-order valence-electron chi connectivity index (χ2n) is 4.97. The first kappa shape index (κ1) is 13.2. The summed E-state index contributed by atoms with van der Waals surface area (Å²) in [5.41, 5.74) is 2.65. The molecule has 4 heteroatoms. The molecule has 0 saturated carbocycles. The van der Waals surface area contributed by atoms with E-state index in [1.54, 1.807) is 0 Å². The molecule has 1 aliphatic rings. The Bertz CT molecular complexity index is 671. The van der Waals surface area contributed by atoms with Crippen LogP contribution in [0.2, 0.25) is 0 Å². The molecule has 1 aliphatic carbocycles. The summed E-state index contributed by atoms with van der Waals surface area (Å²) in [5, 5.41) is 2.80. The van der Waals surface area contributed by atoms with Crippen molar-refractivity contribution in [1.29, 1.82) is 0 Å². The summed E-state index contributed by atoms with van der Waals surface area (Å²) in [7, 11) is 0. The Balaban J connectivity index is 1.65. The van der Waals surface area contributed by atoms with Gasteiger partial charge >= 0.3 is 0 Å². The molecule has 1 atom stereocenters. The number of thiol groups is 1. The lowest BCUT2D eigenvalue weighted by Gasteiger charge is -2.30. The molecule has 102 valence electrons. The third-order valence-electron chi connectivity index (χ3n) is 3.66. The van der Waals surface area contributed by atoms with E-state index < -0.39 is 5.82 Å². The number of nitrogens with one attached hydrogen (secondary N) is 1. The molecule has 0 aromatic heterocycles. The fourth-order valence-electron chi connectivity index (χ4n) is 2.54. The van der Waals surface area contributed by atoms with E-state index >= 15 is 0 Å². The van der Waals surface area contributed by atoms with Gasteiger partial charge in [0.2, 0.25) is 0 Å². The fraction of sp³-hybridized carbons (Fsp3) is 0.188. The van der Waals surface area contributed by atoms with Gasteiger partial charge in [-0.3, -0.25) is 4.79 Å². The smallest absolute Gasteiger partial charge is 0.254 e. The Hall–Kier alpha value is -1.81. The van der Waals surface area contributed by atoms with E-state index in [1.165, 1.54) is 29.3 Å². The molecule has 0 saturated heterocycles. The van der Waals surface area contributed by atoms with Crippen LogP contribution in [0.5, 0.6) is 0 Å². The van der Waals surface area contributed by atoms with Crippen LogP contribution >= 0.6 is 12.6 Å². The number of carbonyl (C=O) groups excluding carboxylic acids is 1. The van der Waals surface area contributed by atoms with Crippen molar-refractivity contribution in [3.8, 4) is 0 Å². The van der Waals surface area contributed by atoms with Crippen molar-refractivity contribution in [2.24, 2.45) is 0 Å². The maximum absolute atomic E-state index is 13.6. The van der Waals surface area contributed by atoms with Crippen molar-refractivity contribution in [3.63, 3.8) is 0 Å². The quantitative estimate of drug-likeness (QED) is 0.834. The molecule has 1 N–H and O–H groups in total. The van der Waals surface area contributed by atoms with E-state index in [2.05, 4.69) is 30.1 Å². The van der Waals surface area contributed by atoms with Gasteiger partial charge in [0.05, 0.1) is 5.56 Å². The van der Waals surface area contributed by atoms with E-state index in [0.29, 0.717) is 17.4 Å². The van der Waals surface area contributed by atoms with Crippen LogP contribution < -0.4 is 5.32 Å². The minimum absolute atomic E-state index is 0.0464. The monoisotopic (exact) mass is 287 g/mol. The van der Waals surface area contributed by atoms with Gasteiger partial charge in [0.15, 0.2) is 0 Å². The minimum atomic E-state index is -0.519. The molecule has 0 aliphatic heterocycles. The maximum atomic E-state index is 13.6. The number of hydrogen-bond donors (Lipinski definition) is 2. The Morgan fingerprint density at radius 2 is 2.10 bits per heavy atom. The zero-order chi connectivity index (χ0) is 14.1. The van der Waals surface area contributed by atoms with Gasteiger partial charge in [0, 0.05) is 17.4 Å². The number of amides is 1. The number of benzene rings is 2. The van der Waals surface area contributed by atoms with Crippen LogP contribution in [0.3, 0.4) is 0 Å². The number of rotatable bonds is 3. The molecule has 0 spiro atoms. The molecule has 0 bridgehead atoms. The zero-order valence-corrected chi connectivity index (χ0v) is 11.7. The predicted molar refractivity (Wildman–Crippen MR) is 78.9 cm³/mol. The van der Waals surface area contributed by atoms with Crippen LogP contribution in [0.4, 0.5) is 4.39 Å². The topological polar surface area (TPSA) is 29.1 Å². The molecule has 2 nitrogen and oxygen atoms in total. The predicted octanol–water partition coefficient (Wildman–Crippen LogP) is 3.18. The van der Waals surface area contributed by atoms with Crippen LogP contribution in [-0.4, -0.2) is 12.5 Å². The Morgan fingerprint density at radius 1 is 1.30 bits per heavy atom. The highest BCUT2D eigenvalue weighted by atomic mass is 32.1. The average Bonchev–Trinajstić information content (AvgIpc) is 2.42. The van der Waals surface area contributed by atoms with E-state index in [4.69, 9.17) is 0 Å². The summed E-state index contributed by atoms with van der Waals surface area (Å²) in [6.07, 6.45) is 0.964. The van der Waals surface area contributed by atoms with Gasteiger partial charge in [-0.15, -0.1) is 12.6 Å². The second-order valence-corrected chi connectivity index (χ2v) is 5.49. The van der Waals surface area contributed by atoms with E-state index in [-0.39, 0.29) is 11.5 Å². The minimum Gasteiger partial charge on any atom is -0.351 e. The molecule has 0 fully saturated rings. The van der Waals surface area contributed by atoms with Gasteiger partial charge in [-0.1, -0.05) is 24.3 Å². The van der Waals surface area contributed by atoms with Crippen molar-refractivity contribution >= 4 is 18.5 Å². The zero-order valence-electron chi connectivity index (χ0n) is 10.8. The van der Waals surface area contributed by atoms with Crippen molar-refractivity contribution in [2.45, 2.75) is 17.2 Å². The van der Waals surface area contributed by atoms with Crippen LogP contribution in [0.25, 0.3) is 0 Å². The molecule has 3 rings (SSSR count).